The third kappa shape index (κ3) is 5.20. The monoisotopic (exact) mass is 337 g/mol. The van der Waals surface area contributed by atoms with Crippen molar-refractivity contribution in [3.63, 3.8) is 0 Å². The standard InChI is InChI=1S/C19H35N3O2/c1-19(2,3)14-17(23)22-11-5-6-16(22)18(24)21-12-8-15(9-13-21)7-10-20-4/h15-16,20H,5-14H2,1-4H3. The third-order valence-corrected chi connectivity index (χ3v) is 5.27. The largest absolute Gasteiger partial charge is 0.341 e. The number of carbonyl (C=O) groups is 2. The zero-order chi connectivity index (χ0) is 17.7. The molecule has 0 aliphatic carbocycles. The summed E-state index contributed by atoms with van der Waals surface area (Å²) < 4.78 is 0. The number of carbonyl (C=O) groups excluding carboxylic acids is 2. The van der Waals surface area contributed by atoms with Gasteiger partial charge >= 0.3 is 0 Å². The van der Waals surface area contributed by atoms with E-state index in [2.05, 4.69) is 26.1 Å². The van der Waals surface area contributed by atoms with Crippen LogP contribution in [-0.4, -0.2) is 60.9 Å². The second kappa shape index (κ2) is 8.32. The second-order valence-electron chi connectivity index (χ2n) is 8.64. The van der Waals surface area contributed by atoms with E-state index in [1.165, 1.54) is 6.42 Å². The summed E-state index contributed by atoms with van der Waals surface area (Å²) in [5, 5.41) is 3.21. The Morgan fingerprint density at radius 3 is 2.33 bits per heavy atom. The number of hydrogen-bond acceptors (Lipinski definition) is 3. The van der Waals surface area contributed by atoms with Crippen molar-refractivity contribution in [2.24, 2.45) is 11.3 Å². The molecule has 0 saturated carbocycles. The van der Waals surface area contributed by atoms with E-state index in [4.69, 9.17) is 0 Å². The van der Waals surface area contributed by atoms with Crippen molar-refractivity contribution < 1.29 is 9.59 Å². The van der Waals surface area contributed by atoms with Gasteiger partial charge in [0.25, 0.3) is 0 Å². The average Bonchev–Trinajstić information content (AvgIpc) is 3.01. The van der Waals surface area contributed by atoms with Gasteiger partial charge < -0.3 is 15.1 Å². The Bertz CT molecular complexity index is 436. The molecule has 0 radical (unpaired) electrons. The SMILES string of the molecule is CNCCC1CCN(C(=O)C2CCCN2C(=O)CC(C)(C)C)CC1. The third-order valence-electron chi connectivity index (χ3n) is 5.27. The van der Waals surface area contributed by atoms with Crippen LogP contribution in [0, 0.1) is 11.3 Å². The summed E-state index contributed by atoms with van der Waals surface area (Å²) >= 11 is 0. The predicted octanol–water partition coefficient (Wildman–Crippen LogP) is 2.26. The molecule has 2 aliphatic rings. The van der Waals surface area contributed by atoms with E-state index in [1.807, 2.05) is 16.8 Å². The minimum Gasteiger partial charge on any atom is -0.341 e. The molecule has 138 valence electrons. The molecule has 0 aromatic rings. The molecule has 1 atom stereocenters. The summed E-state index contributed by atoms with van der Waals surface area (Å²) in [7, 11) is 1.99. The molecule has 1 N–H and O–H groups in total. The van der Waals surface area contributed by atoms with Gasteiger partial charge in [0.05, 0.1) is 0 Å². The Balaban J connectivity index is 1.88. The number of piperidine rings is 1. The van der Waals surface area contributed by atoms with E-state index < -0.39 is 0 Å². The molecule has 5 nitrogen and oxygen atoms in total. The summed E-state index contributed by atoms with van der Waals surface area (Å²) in [5.74, 6) is 1.05. The topological polar surface area (TPSA) is 52.7 Å². The molecule has 2 fully saturated rings. The van der Waals surface area contributed by atoms with Crippen LogP contribution in [-0.2, 0) is 9.59 Å². The maximum atomic E-state index is 12.9. The molecule has 2 aliphatic heterocycles. The van der Waals surface area contributed by atoms with Gasteiger partial charge in [-0.15, -0.1) is 0 Å². The lowest BCUT2D eigenvalue weighted by Gasteiger charge is -2.36. The fourth-order valence-electron chi connectivity index (χ4n) is 3.88. The van der Waals surface area contributed by atoms with Crippen LogP contribution in [0.3, 0.4) is 0 Å². The summed E-state index contributed by atoms with van der Waals surface area (Å²) in [5.41, 5.74) is -0.0288. The summed E-state index contributed by atoms with van der Waals surface area (Å²) in [6.07, 6.45) is 5.67. The van der Waals surface area contributed by atoms with Crippen LogP contribution in [0.25, 0.3) is 0 Å². The molecule has 0 bridgehead atoms. The fourth-order valence-corrected chi connectivity index (χ4v) is 3.88. The lowest BCUT2D eigenvalue weighted by molar-refractivity contribution is -0.145. The highest BCUT2D eigenvalue weighted by atomic mass is 16.2. The van der Waals surface area contributed by atoms with Gasteiger partial charge in [0.1, 0.15) is 6.04 Å². The predicted molar refractivity (Wildman–Crippen MR) is 96.7 cm³/mol. The molecule has 2 rings (SSSR count). The van der Waals surface area contributed by atoms with Crippen LogP contribution in [0.4, 0.5) is 0 Å². The number of hydrogen-bond donors (Lipinski definition) is 1. The van der Waals surface area contributed by atoms with Gasteiger partial charge in [-0.3, -0.25) is 9.59 Å². The van der Waals surface area contributed by atoms with E-state index >= 15 is 0 Å². The van der Waals surface area contributed by atoms with Crippen LogP contribution in [0.1, 0.15) is 59.3 Å². The van der Waals surface area contributed by atoms with Gasteiger partial charge in [0.2, 0.25) is 11.8 Å². The van der Waals surface area contributed by atoms with Crippen molar-refractivity contribution in [2.75, 3.05) is 33.2 Å². The minimum atomic E-state index is -0.214. The number of nitrogens with zero attached hydrogens (tertiary/aromatic N) is 2. The zero-order valence-electron chi connectivity index (χ0n) is 15.9. The second-order valence-corrected chi connectivity index (χ2v) is 8.64. The van der Waals surface area contributed by atoms with Gasteiger partial charge in [0.15, 0.2) is 0 Å². The van der Waals surface area contributed by atoms with E-state index in [0.29, 0.717) is 6.42 Å². The lowest BCUT2D eigenvalue weighted by Crippen LogP contribution is -2.50. The quantitative estimate of drug-likeness (QED) is 0.837. The maximum absolute atomic E-state index is 12.9. The van der Waals surface area contributed by atoms with E-state index in [-0.39, 0.29) is 23.3 Å². The molecule has 0 aromatic carbocycles. The van der Waals surface area contributed by atoms with Crippen molar-refractivity contribution >= 4 is 11.8 Å². The highest BCUT2D eigenvalue weighted by molar-refractivity contribution is 5.88. The molecule has 2 heterocycles. The Morgan fingerprint density at radius 1 is 1.08 bits per heavy atom. The molecule has 0 spiro atoms. The first-order valence-corrected chi connectivity index (χ1v) is 9.54. The summed E-state index contributed by atoms with van der Waals surface area (Å²) in [6.45, 7) is 9.73. The van der Waals surface area contributed by atoms with E-state index in [1.54, 1.807) is 0 Å². The maximum Gasteiger partial charge on any atom is 0.245 e. The Kier molecular flexibility index (Phi) is 6.67. The molecule has 2 saturated heterocycles. The molecule has 2 amide bonds. The lowest BCUT2D eigenvalue weighted by atomic mass is 9.91. The van der Waals surface area contributed by atoms with Gasteiger partial charge in [-0.1, -0.05) is 20.8 Å². The van der Waals surface area contributed by atoms with Crippen LogP contribution < -0.4 is 5.32 Å². The highest BCUT2D eigenvalue weighted by Gasteiger charge is 2.38. The van der Waals surface area contributed by atoms with Crippen LogP contribution in [0.15, 0.2) is 0 Å². The van der Waals surface area contributed by atoms with Crippen LogP contribution >= 0.6 is 0 Å². The molecule has 1 unspecified atom stereocenters. The van der Waals surface area contributed by atoms with Crippen LogP contribution in [0.2, 0.25) is 0 Å². The van der Waals surface area contributed by atoms with Gasteiger partial charge in [-0.25, -0.2) is 0 Å². The van der Waals surface area contributed by atoms with Gasteiger partial charge in [0, 0.05) is 26.1 Å². The first-order valence-electron chi connectivity index (χ1n) is 9.54. The number of amides is 2. The summed E-state index contributed by atoms with van der Waals surface area (Å²) in [4.78, 5) is 29.3. The number of likely N-dealkylation sites (tertiary alicyclic amines) is 2. The molecular formula is C19H35N3O2. The normalized spacial score (nSPS) is 22.9. The van der Waals surface area contributed by atoms with Crippen molar-refractivity contribution in [3.05, 3.63) is 0 Å². The summed E-state index contributed by atoms with van der Waals surface area (Å²) in [6, 6.07) is -0.214. The minimum absolute atomic E-state index is 0.0288. The fraction of sp³-hybridized carbons (Fsp3) is 0.895. The molecule has 24 heavy (non-hydrogen) atoms. The van der Waals surface area contributed by atoms with Gasteiger partial charge in [-0.05, 0) is 57.0 Å². The Labute approximate surface area is 147 Å². The van der Waals surface area contributed by atoms with E-state index in [0.717, 1.165) is 57.8 Å². The Hall–Kier alpha value is -1.10. The first-order chi connectivity index (χ1) is 11.3. The van der Waals surface area contributed by atoms with Gasteiger partial charge in [-0.2, -0.15) is 0 Å². The van der Waals surface area contributed by atoms with Crippen molar-refractivity contribution in [1.82, 2.24) is 15.1 Å². The highest BCUT2D eigenvalue weighted by Crippen LogP contribution is 2.27. The molecule has 5 heteroatoms. The van der Waals surface area contributed by atoms with E-state index in [9.17, 15) is 9.59 Å². The van der Waals surface area contributed by atoms with Crippen molar-refractivity contribution in [3.8, 4) is 0 Å². The first kappa shape index (κ1) is 19.2. The molecule has 0 aromatic heterocycles. The number of rotatable bonds is 5. The molecular weight excluding hydrogens is 302 g/mol. The average molecular weight is 338 g/mol. The smallest absolute Gasteiger partial charge is 0.245 e. The van der Waals surface area contributed by atoms with Crippen LogP contribution in [0.5, 0.6) is 0 Å². The number of nitrogens with one attached hydrogen (secondary N) is 1. The Morgan fingerprint density at radius 2 is 1.75 bits per heavy atom. The zero-order valence-corrected chi connectivity index (χ0v) is 15.9. The van der Waals surface area contributed by atoms with Crippen molar-refractivity contribution in [1.29, 1.82) is 0 Å². The van der Waals surface area contributed by atoms with Crippen molar-refractivity contribution in [2.45, 2.75) is 65.3 Å².